The molecule has 0 saturated carbocycles. The molecule has 2 fully saturated rings. The fourth-order valence-corrected chi connectivity index (χ4v) is 3.85. The molecule has 0 spiro atoms. The van der Waals surface area contributed by atoms with Gasteiger partial charge in [-0.2, -0.15) is 0 Å². The molecular weight excluding hydrogens is 483 g/mol. The van der Waals surface area contributed by atoms with Crippen LogP contribution in [-0.4, -0.2) is 81.5 Å². The van der Waals surface area contributed by atoms with Gasteiger partial charge in [-0.1, -0.05) is 6.07 Å². The van der Waals surface area contributed by atoms with Crippen molar-refractivity contribution in [3.8, 4) is 11.5 Å². The lowest BCUT2D eigenvalue weighted by molar-refractivity contribution is 0.0195. The molecule has 3 rings (SSSR count). The van der Waals surface area contributed by atoms with Crippen molar-refractivity contribution in [2.24, 2.45) is 4.99 Å². The van der Waals surface area contributed by atoms with E-state index in [0.29, 0.717) is 19.2 Å². The highest BCUT2D eigenvalue weighted by Crippen LogP contribution is 2.28. The number of rotatable bonds is 7. The fraction of sp³-hybridized carbons (Fsp3) is 0.667. The zero-order chi connectivity index (χ0) is 19.8. The molecule has 0 aliphatic carbocycles. The van der Waals surface area contributed by atoms with E-state index in [4.69, 9.17) is 19.2 Å². The Kier molecular flexibility index (Phi) is 10.3. The summed E-state index contributed by atoms with van der Waals surface area (Å²) in [5.41, 5.74) is 1.11. The predicted molar refractivity (Wildman–Crippen MR) is 127 cm³/mol. The molecule has 7 nitrogen and oxygen atoms in total. The highest BCUT2D eigenvalue weighted by Gasteiger charge is 2.30. The van der Waals surface area contributed by atoms with Crippen LogP contribution >= 0.6 is 24.0 Å². The minimum atomic E-state index is 0. The summed E-state index contributed by atoms with van der Waals surface area (Å²) in [6.07, 6.45) is 1.18. The van der Waals surface area contributed by atoms with Crippen LogP contribution in [0.25, 0.3) is 0 Å². The number of ether oxygens (including phenoxy) is 3. The second kappa shape index (κ2) is 12.4. The SMILES string of the molecule is CCNC(=NCc1ccc(OCC)c(OC)c1)N1CCC(N2CCOCC2)C1.I. The molecule has 2 heterocycles. The Bertz CT molecular complexity index is 653. The number of methoxy groups -OCH3 is 1. The molecule has 2 aliphatic heterocycles. The van der Waals surface area contributed by atoms with Crippen molar-refractivity contribution in [1.82, 2.24) is 15.1 Å². The maximum Gasteiger partial charge on any atom is 0.194 e. The minimum absolute atomic E-state index is 0. The van der Waals surface area contributed by atoms with Crippen LogP contribution in [-0.2, 0) is 11.3 Å². The van der Waals surface area contributed by atoms with Crippen LogP contribution in [0.2, 0.25) is 0 Å². The van der Waals surface area contributed by atoms with Gasteiger partial charge in [0.2, 0.25) is 0 Å². The summed E-state index contributed by atoms with van der Waals surface area (Å²) >= 11 is 0. The van der Waals surface area contributed by atoms with Crippen LogP contribution in [0.4, 0.5) is 0 Å². The van der Waals surface area contributed by atoms with Gasteiger partial charge >= 0.3 is 0 Å². The van der Waals surface area contributed by atoms with E-state index in [1.54, 1.807) is 7.11 Å². The molecule has 164 valence electrons. The Labute approximate surface area is 191 Å². The molecule has 2 aliphatic rings. The van der Waals surface area contributed by atoms with E-state index in [-0.39, 0.29) is 24.0 Å². The number of guanidine groups is 1. The maximum absolute atomic E-state index is 5.60. The van der Waals surface area contributed by atoms with Gasteiger partial charge < -0.3 is 24.4 Å². The first kappa shape index (κ1) is 24.0. The number of hydrogen-bond donors (Lipinski definition) is 1. The lowest BCUT2D eigenvalue weighted by atomic mass is 10.2. The number of hydrogen-bond acceptors (Lipinski definition) is 5. The number of aliphatic imine (C=N–C) groups is 1. The Balaban J connectivity index is 0.00000300. The third kappa shape index (κ3) is 6.62. The van der Waals surface area contributed by atoms with Crippen molar-refractivity contribution in [3.63, 3.8) is 0 Å². The first-order chi connectivity index (χ1) is 13.7. The summed E-state index contributed by atoms with van der Waals surface area (Å²) in [6, 6.07) is 6.63. The van der Waals surface area contributed by atoms with Crippen molar-refractivity contribution in [3.05, 3.63) is 23.8 Å². The third-order valence-electron chi connectivity index (χ3n) is 5.30. The standard InChI is InChI=1S/C21H34N4O3.HI/c1-4-22-21(25-9-8-18(16-25)24-10-12-27-13-11-24)23-15-17-6-7-19(28-5-2)20(14-17)26-3;/h6-7,14,18H,4-5,8-13,15-16H2,1-3H3,(H,22,23);1H. The molecule has 29 heavy (non-hydrogen) atoms. The summed E-state index contributed by atoms with van der Waals surface area (Å²) in [5.74, 6) is 2.52. The zero-order valence-corrected chi connectivity index (χ0v) is 20.2. The van der Waals surface area contributed by atoms with Crippen LogP contribution in [0.3, 0.4) is 0 Å². The number of benzene rings is 1. The van der Waals surface area contributed by atoms with Gasteiger partial charge in [0.05, 0.1) is 33.5 Å². The van der Waals surface area contributed by atoms with E-state index < -0.39 is 0 Å². The number of likely N-dealkylation sites (tertiary alicyclic amines) is 1. The highest BCUT2D eigenvalue weighted by atomic mass is 127. The van der Waals surface area contributed by atoms with Gasteiger partial charge in [-0.05, 0) is 38.0 Å². The third-order valence-corrected chi connectivity index (χ3v) is 5.30. The summed E-state index contributed by atoms with van der Waals surface area (Å²) < 4.78 is 16.6. The molecule has 0 amide bonds. The molecule has 0 radical (unpaired) electrons. The van der Waals surface area contributed by atoms with Crippen LogP contribution in [0.5, 0.6) is 11.5 Å². The van der Waals surface area contributed by atoms with E-state index >= 15 is 0 Å². The normalized spacial score (nSPS) is 20.3. The van der Waals surface area contributed by atoms with Crippen molar-refractivity contribution in [2.75, 3.05) is 59.7 Å². The summed E-state index contributed by atoms with van der Waals surface area (Å²) in [4.78, 5) is 9.83. The number of nitrogens with zero attached hydrogens (tertiary/aromatic N) is 3. The van der Waals surface area contributed by atoms with Gasteiger partial charge in [0, 0.05) is 38.8 Å². The Morgan fingerprint density at radius 1 is 1.21 bits per heavy atom. The van der Waals surface area contributed by atoms with Crippen LogP contribution in [0, 0.1) is 0 Å². The first-order valence-electron chi connectivity index (χ1n) is 10.4. The highest BCUT2D eigenvalue weighted by molar-refractivity contribution is 14.0. The number of nitrogens with one attached hydrogen (secondary N) is 1. The quantitative estimate of drug-likeness (QED) is 0.340. The van der Waals surface area contributed by atoms with Gasteiger partial charge in [-0.3, -0.25) is 4.90 Å². The molecule has 1 aromatic carbocycles. The lowest BCUT2D eigenvalue weighted by Gasteiger charge is -2.32. The van der Waals surface area contributed by atoms with Crippen molar-refractivity contribution in [1.29, 1.82) is 0 Å². The smallest absolute Gasteiger partial charge is 0.194 e. The maximum atomic E-state index is 5.60. The average molecular weight is 518 g/mol. The second-order valence-electron chi connectivity index (χ2n) is 7.13. The molecule has 1 N–H and O–H groups in total. The number of halogens is 1. The van der Waals surface area contributed by atoms with Crippen LogP contribution in [0.1, 0.15) is 25.8 Å². The summed E-state index contributed by atoms with van der Waals surface area (Å²) in [7, 11) is 1.67. The van der Waals surface area contributed by atoms with E-state index in [0.717, 1.165) is 69.0 Å². The average Bonchev–Trinajstić information content (AvgIpc) is 3.23. The van der Waals surface area contributed by atoms with Crippen LogP contribution < -0.4 is 14.8 Å². The molecule has 0 aromatic heterocycles. The van der Waals surface area contributed by atoms with Gasteiger partial charge in [-0.25, -0.2) is 4.99 Å². The monoisotopic (exact) mass is 518 g/mol. The van der Waals surface area contributed by atoms with Gasteiger partial charge in [0.15, 0.2) is 17.5 Å². The fourth-order valence-electron chi connectivity index (χ4n) is 3.85. The summed E-state index contributed by atoms with van der Waals surface area (Å²) in [5, 5.41) is 3.46. The first-order valence-corrected chi connectivity index (χ1v) is 10.4. The molecule has 1 aromatic rings. The molecule has 1 unspecified atom stereocenters. The molecule has 1 atom stereocenters. The Morgan fingerprint density at radius 3 is 2.69 bits per heavy atom. The van der Waals surface area contributed by atoms with Crippen molar-refractivity contribution < 1.29 is 14.2 Å². The molecule has 0 bridgehead atoms. The predicted octanol–water partition coefficient (Wildman–Crippen LogP) is 2.58. The summed E-state index contributed by atoms with van der Waals surface area (Å²) in [6.45, 7) is 12.0. The Morgan fingerprint density at radius 2 is 2.00 bits per heavy atom. The molecule has 8 heteroatoms. The Hall–Kier alpha value is -1.26. The second-order valence-corrected chi connectivity index (χ2v) is 7.13. The minimum Gasteiger partial charge on any atom is -0.493 e. The van der Waals surface area contributed by atoms with Crippen molar-refractivity contribution in [2.45, 2.75) is 32.9 Å². The van der Waals surface area contributed by atoms with Gasteiger partial charge in [0.25, 0.3) is 0 Å². The largest absolute Gasteiger partial charge is 0.493 e. The van der Waals surface area contributed by atoms with Crippen LogP contribution in [0.15, 0.2) is 23.2 Å². The molecule has 2 saturated heterocycles. The van der Waals surface area contributed by atoms with Crippen molar-refractivity contribution >= 4 is 29.9 Å². The van der Waals surface area contributed by atoms with E-state index in [2.05, 4.69) is 28.1 Å². The van der Waals surface area contributed by atoms with E-state index in [1.807, 2.05) is 19.1 Å². The van der Waals surface area contributed by atoms with Gasteiger partial charge in [-0.15, -0.1) is 24.0 Å². The lowest BCUT2D eigenvalue weighted by Crippen LogP contribution is -2.46. The topological polar surface area (TPSA) is 58.6 Å². The van der Waals surface area contributed by atoms with Gasteiger partial charge in [0.1, 0.15) is 0 Å². The van der Waals surface area contributed by atoms with E-state index in [9.17, 15) is 0 Å². The number of morpholine rings is 1. The molecular formula is C21H35IN4O3. The van der Waals surface area contributed by atoms with E-state index in [1.165, 1.54) is 6.42 Å². The zero-order valence-electron chi connectivity index (χ0n) is 17.9.